The largest absolute Gasteiger partial charge is 0.335 e. The fraction of sp³-hybridized carbons (Fsp3) is 0.205. The third-order valence-corrected chi connectivity index (χ3v) is 21.4. The molecule has 4 unspecified atom stereocenters. The van der Waals surface area contributed by atoms with Gasteiger partial charge in [-0.25, -0.2) is 4.85 Å². The van der Waals surface area contributed by atoms with Crippen LogP contribution in [0.2, 0.25) is 0 Å². The molecule has 2 aliphatic heterocycles. The van der Waals surface area contributed by atoms with Gasteiger partial charge in [-0.15, -0.1) is 0 Å². The fourth-order valence-corrected chi connectivity index (χ4v) is 16.8. The van der Waals surface area contributed by atoms with E-state index in [1.54, 1.807) is 0 Å². The van der Waals surface area contributed by atoms with Crippen LogP contribution in [0, 0.1) is 17.9 Å². The number of benzene rings is 12. The number of nitrogens with zero attached hydrogens (tertiary/aromatic N) is 4. The predicted octanol–water partition coefficient (Wildman–Crippen LogP) is 21.5. The van der Waals surface area contributed by atoms with E-state index in [1.807, 2.05) is 24.3 Å². The molecule has 0 aromatic heterocycles. The Bertz CT molecular complexity index is 4440. The highest BCUT2D eigenvalue weighted by Gasteiger charge is 2.59. The minimum Gasteiger partial charge on any atom is -0.335 e. The van der Waals surface area contributed by atoms with E-state index in [9.17, 15) is 5.26 Å². The number of fused-ring (bicyclic) bond motifs is 8. The Balaban J connectivity index is 0.990. The summed E-state index contributed by atoms with van der Waals surface area (Å²) < 4.78 is 0. The van der Waals surface area contributed by atoms with Gasteiger partial charge in [0, 0.05) is 33.6 Å². The standard InChI is InChI=1S/C78H62N4/c1-75-40-10-12-42-77(75,3)81(55-30-24-49(48-79)25-31-55)71-38-26-52(44-69(71)75)65-46-67(59-22-14-18-50-16-6-8-20-57(50)59)63-37-35-62-66(47-68(64-36-34-61(65)73(63)74(62)64)60-23-15-19-51-17-7-9-21-58(51)60)53-27-39-72-70(45-53)76(2)41-11-13-43-78(76,4)82(72)56-32-28-54(80-5)29-33-56/h6-9,14-39,44-47H,10-13,40-43H2,1-4H3. The van der Waals surface area contributed by atoms with E-state index in [0.29, 0.717) is 11.3 Å². The molecule has 2 aliphatic carbocycles. The van der Waals surface area contributed by atoms with Crippen molar-refractivity contribution in [3.63, 3.8) is 0 Å². The van der Waals surface area contributed by atoms with E-state index in [2.05, 4.69) is 230 Å². The number of hydrogen-bond acceptors (Lipinski definition) is 3. The molecule has 4 aliphatic rings. The summed E-state index contributed by atoms with van der Waals surface area (Å²) in [7, 11) is 0. The van der Waals surface area contributed by atoms with E-state index in [0.717, 1.165) is 37.1 Å². The van der Waals surface area contributed by atoms with Crippen LogP contribution in [0.1, 0.15) is 95.8 Å². The zero-order chi connectivity index (χ0) is 55.3. The van der Waals surface area contributed by atoms with Crippen LogP contribution in [-0.4, -0.2) is 11.1 Å². The highest BCUT2D eigenvalue weighted by molar-refractivity contribution is 6.33. The van der Waals surface area contributed by atoms with Crippen LogP contribution >= 0.6 is 0 Å². The van der Waals surface area contributed by atoms with Crippen LogP contribution in [0.3, 0.4) is 0 Å². The second-order valence-electron chi connectivity index (χ2n) is 25.1. The molecule has 0 amide bonds. The van der Waals surface area contributed by atoms with Crippen molar-refractivity contribution >= 4 is 82.3 Å². The molecule has 12 aromatic rings. The summed E-state index contributed by atoms with van der Waals surface area (Å²) in [4.78, 5) is 9.01. The van der Waals surface area contributed by atoms with Crippen LogP contribution in [-0.2, 0) is 10.8 Å². The summed E-state index contributed by atoms with van der Waals surface area (Å²) in [5.41, 5.74) is 18.5. The van der Waals surface area contributed by atoms with Crippen molar-refractivity contribution in [2.24, 2.45) is 0 Å². The molecular weight excluding hydrogens is 993 g/mol. The zero-order valence-electron chi connectivity index (χ0n) is 47.1. The van der Waals surface area contributed by atoms with Gasteiger partial charge in [-0.05, 0) is 222 Å². The zero-order valence-corrected chi connectivity index (χ0v) is 47.1. The van der Waals surface area contributed by atoms with E-state index in [-0.39, 0.29) is 21.9 Å². The molecule has 12 aromatic carbocycles. The van der Waals surface area contributed by atoms with Gasteiger partial charge in [0.15, 0.2) is 5.69 Å². The van der Waals surface area contributed by atoms with Crippen LogP contribution < -0.4 is 9.80 Å². The van der Waals surface area contributed by atoms with Gasteiger partial charge in [0.1, 0.15) is 0 Å². The predicted molar refractivity (Wildman–Crippen MR) is 343 cm³/mol. The van der Waals surface area contributed by atoms with Crippen molar-refractivity contribution in [2.75, 3.05) is 9.80 Å². The molecule has 4 atom stereocenters. The Morgan fingerprint density at radius 3 is 1.27 bits per heavy atom. The lowest BCUT2D eigenvalue weighted by molar-refractivity contribution is 0.195. The summed E-state index contributed by atoms with van der Waals surface area (Å²) in [6.07, 6.45) is 9.20. The maximum absolute atomic E-state index is 9.81. The summed E-state index contributed by atoms with van der Waals surface area (Å²) >= 11 is 0. The van der Waals surface area contributed by atoms with Crippen molar-refractivity contribution in [1.82, 2.24) is 0 Å². The van der Waals surface area contributed by atoms with Gasteiger partial charge < -0.3 is 9.80 Å². The van der Waals surface area contributed by atoms with Gasteiger partial charge >= 0.3 is 0 Å². The molecule has 394 valence electrons. The molecule has 0 radical (unpaired) electrons. The first-order valence-electron chi connectivity index (χ1n) is 29.7. The van der Waals surface area contributed by atoms with Gasteiger partial charge in [-0.1, -0.05) is 173 Å². The Morgan fingerprint density at radius 2 is 0.817 bits per heavy atom. The first kappa shape index (κ1) is 48.7. The average molecular weight is 1060 g/mol. The van der Waals surface area contributed by atoms with Gasteiger partial charge in [-0.3, -0.25) is 0 Å². The highest BCUT2D eigenvalue weighted by Crippen LogP contribution is 2.64. The van der Waals surface area contributed by atoms with Crippen LogP contribution in [0.15, 0.2) is 206 Å². The number of nitriles is 1. The van der Waals surface area contributed by atoms with Crippen LogP contribution in [0.4, 0.5) is 28.4 Å². The Labute approximate surface area is 480 Å². The van der Waals surface area contributed by atoms with Gasteiger partial charge in [0.25, 0.3) is 0 Å². The molecule has 0 saturated heterocycles. The SMILES string of the molecule is [C-]#[N+]c1ccc(N2c3ccc(-c4cc(-c5cccc6ccccc56)c5ccc6c(-c7ccc8c(c7)C7(C)CCCCC7(C)N8c7ccc(C#N)cc7)cc(-c7cccc8ccccc78)c7ccc4c5c67)cc3C3(C)CCCCC23C)cc1. The van der Waals surface area contributed by atoms with Gasteiger partial charge in [-0.2, -0.15) is 5.26 Å². The smallest absolute Gasteiger partial charge is 0.187 e. The lowest BCUT2D eigenvalue weighted by Crippen LogP contribution is -2.54. The van der Waals surface area contributed by atoms with Gasteiger partial charge in [0.05, 0.1) is 29.3 Å². The second-order valence-corrected chi connectivity index (χ2v) is 25.1. The molecule has 2 saturated carbocycles. The molecule has 2 heterocycles. The second kappa shape index (κ2) is 17.6. The Kier molecular flexibility index (Phi) is 10.5. The number of hydrogen-bond donors (Lipinski definition) is 0. The normalized spacial score (nSPS) is 21.9. The van der Waals surface area contributed by atoms with Crippen molar-refractivity contribution in [2.45, 2.75) is 101 Å². The summed E-state index contributed by atoms with van der Waals surface area (Å²) in [5, 5.41) is 22.4. The van der Waals surface area contributed by atoms with Gasteiger partial charge in [0.2, 0.25) is 0 Å². The van der Waals surface area contributed by atoms with Crippen LogP contribution in [0.5, 0.6) is 0 Å². The van der Waals surface area contributed by atoms with E-state index in [4.69, 9.17) is 6.57 Å². The fourth-order valence-electron chi connectivity index (χ4n) is 16.8. The van der Waals surface area contributed by atoms with Crippen molar-refractivity contribution < 1.29 is 0 Å². The third-order valence-electron chi connectivity index (χ3n) is 21.4. The summed E-state index contributed by atoms with van der Waals surface area (Å²) in [6, 6.07) is 80.0. The first-order chi connectivity index (χ1) is 40.0. The van der Waals surface area contributed by atoms with Crippen molar-refractivity contribution in [1.29, 1.82) is 5.26 Å². The lowest BCUT2D eigenvalue weighted by Gasteiger charge is -2.50. The Morgan fingerprint density at radius 1 is 0.402 bits per heavy atom. The topological polar surface area (TPSA) is 34.6 Å². The monoisotopic (exact) mass is 1050 g/mol. The summed E-state index contributed by atoms with van der Waals surface area (Å²) in [6.45, 7) is 17.8. The summed E-state index contributed by atoms with van der Waals surface area (Å²) in [5.74, 6) is 0. The molecule has 4 heteroatoms. The minimum absolute atomic E-state index is 0.0966. The molecule has 0 spiro atoms. The molecule has 16 rings (SSSR count). The average Bonchev–Trinajstić information content (AvgIpc) is 3.57. The minimum atomic E-state index is -0.140. The molecule has 0 N–H and O–H groups in total. The highest BCUT2D eigenvalue weighted by atomic mass is 15.3. The Hall–Kier alpha value is -9.22. The van der Waals surface area contributed by atoms with E-state index < -0.39 is 0 Å². The molecule has 82 heavy (non-hydrogen) atoms. The van der Waals surface area contributed by atoms with E-state index >= 15 is 0 Å². The third kappa shape index (κ3) is 6.58. The number of rotatable bonds is 6. The molecular formula is C78H62N4. The van der Waals surface area contributed by atoms with Crippen LogP contribution in [0.25, 0.3) is 103 Å². The maximum atomic E-state index is 9.81. The number of anilines is 4. The molecule has 0 bridgehead atoms. The maximum Gasteiger partial charge on any atom is 0.187 e. The van der Waals surface area contributed by atoms with E-state index in [1.165, 1.54) is 147 Å². The first-order valence-corrected chi connectivity index (χ1v) is 29.7. The molecule has 2 fully saturated rings. The quantitative estimate of drug-likeness (QED) is 0.123. The van der Waals surface area contributed by atoms with Crippen molar-refractivity contribution in [3.05, 3.63) is 234 Å². The molecule has 4 nitrogen and oxygen atoms in total. The lowest BCUT2D eigenvalue weighted by atomic mass is 9.61. The van der Waals surface area contributed by atoms with Crippen molar-refractivity contribution in [3.8, 4) is 50.6 Å².